The zero-order chi connectivity index (χ0) is 10.0. The molecular weight excluding hydrogens is 176 g/mol. The van der Waals surface area contributed by atoms with E-state index in [-0.39, 0.29) is 5.92 Å². The molecular formula is C7H12N2O4. The zero-order valence-corrected chi connectivity index (χ0v) is 7.38. The summed E-state index contributed by atoms with van der Waals surface area (Å²) in [6.45, 7) is 1.71. The number of hydrogen-bond acceptors (Lipinski definition) is 4. The highest BCUT2D eigenvalue weighted by atomic mass is 16.6. The fourth-order valence-corrected chi connectivity index (χ4v) is 1.95. The molecule has 0 radical (unpaired) electrons. The summed E-state index contributed by atoms with van der Waals surface area (Å²) in [6.07, 6.45) is 1.77. The van der Waals surface area contributed by atoms with E-state index in [1.54, 1.807) is 6.92 Å². The molecule has 1 rings (SSSR count). The summed E-state index contributed by atoms with van der Waals surface area (Å²) < 4.78 is 0. The first-order valence-corrected chi connectivity index (χ1v) is 4.31. The van der Waals surface area contributed by atoms with E-state index in [9.17, 15) is 20.2 Å². The van der Waals surface area contributed by atoms with Gasteiger partial charge in [0.05, 0.1) is 0 Å². The van der Waals surface area contributed by atoms with E-state index >= 15 is 0 Å². The lowest BCUT2D eigenvalue weighted by Gasteiger charge is -2.24. The molecule has 6 heteroatoms. The molecule has 0 aromatic carbocycles. The van der Waals surface area contributed by atoms with Crippen molar-refractivity contribution < 1.29 is 9.85 Å². The smallest absolute Gasteiger partial charge is 0.264 e. The highest BCUT2D eigenvalue weighted by Crippen LogP contribution is 2.27. The lowest BCUT2D eigenvalue weighted by molar-refractivity contribution is -0.627. The third-order valence-electron chi connectivity index (χ3n) is 2.65. The van der Waals surface area contributed by atoms with E-state index in [1.165, 1.54) is 0 Å². The second-order valence-electron chi connectivity index (χ2n) is 3.54. The largest absolute Gasteiger partial charge is 0.281 e. The third-order valence-corrected chi connectivity index (χ3v) is 2.65. The van der Waals surface area contributed by atoms with Crippen LogP contribution in [0.15, 0.2) is 0 Å². The molecule has 1 fully saturated rings. The van der Waals surface area contributed by atoms with Crippen molar-refractivity contribution in [1.82, 2.24) is 0 Å². The highest BCUT2D eigenvalue weighted by molar-refractivity contribution is 4.79. The van der Waals surface area contributed by atoms with Crippen molar-refractivity contribution in [3.8, 4) is 0 Å². The molecule has 74 valence electrons. The van der Waals surface area contributed by atoms with Gasteiger partial charge in [-0.3, -0.25) is 20.2 Å². The van der Waals surface area contributed by atoms with Crippen LogP contribution in [-0.4, -0.2) is 21.9 Å². The summed E-state index contributed by atoms with van der Waals surface area (Å²) in [5.74, 6) is -0.181. The predicted molar refractivity (Wildman–Crippen MR) is 44.6 cm³/mol. The second kappa shape index (κ2) is 3.68. The predicted octanol–water partition coefficient (Wildman–Crippen LogP) is 1.10. The number of nitrogens with zero attached hydrogens (tertiary/aromatic N) is 2. The Morgan fingerprint density at radius 3 is 2.15 bits per heavy atom. The van der Waals surface area contributed by atoms with Crippen molar-refractivity contribution >= 4 is 0 Å². The number of nitro groups is 2. The molecule has 0 amide bonds. The van der Waals surface area contributed by atoms with Crippen LogP contribution in [0, 0.1) is 26.1 Å². The van der Waals surface area contributed by atoms with Gasteiger partial charge in [0.1, 0.15) is 0 Å². The Kier molecular flexibility index (Phi) is 2.79. The topological polar surface area (TPSA) is 86.3 Å². The fourth-order valence-electron chi connectivity index (χ4n) is 1.95. The van der Waals surface area contributed by atoms with E-state index in [0.29, 0.717) is 6.42 Å². The summed E-state index contributed by atoms with van der Waals surface area (Å²) in [4.78, 5) is 20.1. The molecule has 0 N–H and O–H groups in total. The molecule has 0 aliphatic heterocycles. The maximum atomic E-state index is 10.6. The monoisotopic (exact) mass is 188 g/mol. The number of rotatable bonds is 2. The fraction of sp³-hybridized carbons (Fsp3) is 1.00. The molecule has 0 bridgehead atoms. The first kappa shape index (κ1) is 9.88. The molecule has 13 heavy (non-hydrogen) atoms. The summed E-state index contributed by atoms with van der Waals surface area (Å²) in [7, 11) is 0. The molecule has 1 saturated carbocycles. The minimum absolute atomic E-state index is 0.181. The molecule has 0 aromatic heterocycles. The van der Waals surface area contributed by atoms with Crippen LogP contribution in [0.4, 0.5) is 0 Å². The lowest BCUT2D eigenvalue weighted by Crippen LogP contribution is -2.46. The van der Waals surface area contributed by atoms with E-state index in [1.807, 2.05) is 0 Å². The normalized spacial score (nSPS) is 34.1. The standard InChI is InChI=1S/C7H12N2O4/c1-5-3-2-4-6(8(10)11)7(5)9(12)13/h5-7H,2-4H2,1H3. The molecule has 1 aliphatic carbocycles. The van der Waals surface area contributed by atoms with Gasteiger partial charge < -0.3 is 0 Å². The van der Waals surface area contributed by atoms with Gasteiger partial charge in [-0.25, -0.2) is 0 Å². The Bertz CT molecular complexity index is 231. The second-order valence-corrected chi connectivity index (χ2v) is 3.54. The Labute approximate surface area is 75.2 Å². The van der Waals surface area contributed by atoms with Gasteiger partial charge in [-0.2, -0.15) is 0 Å². The number of hydrogen-bond donors (Lipinski definition) is 0. The van der Waals surface area contributed by atoms with Gasteiger partial charge in [0, 0.05) is 22.2 Å². The van der Waals surface area contributed by atoms with E-state index in [4.69, 9.17) is 0 Å². The average Bonchev–Trinajstić information content (AvgIpc) is 2.02. The van der Waals surface area contributed by atoms with E-state index in [0.717, 1.165) is 12.8 Å². The molecule has 0 aromatic rings. The lowest BCUT2D eigenvalue weighted by atomic mass is 9.83. The van der Waals surface area contributed by atoms with Gasteiger partial charge in [-0.15, -0.1) is 0 Å². The Hall–Kier alpha value is -1.20. The van der Waals surface area contributed by atoms with Crippen molar-refractivity contribution in [2.24, 2.45) is 5.92 Å². The van der Waals surface area contributed by atoms with Crippen LogP contribution >= 0.6 is 0 Å². The highest BCUT2D eigenvalue weighted by Gasteiger charge is 2.47. The minimum Gasteiger partial charge on any atom is -0.264 e. The van der Waals surface area contributed by atoms with Crippen LogP contribution in [0.5, 0.6) is 0 Å². The zero-order valence-electron chi connectivity index (χ0n) is 7.38. The quantitative estimate of drug-likeness (QED) is 0.479. The Morgan fingerprint density at radius 2 is 1.77 bits per heavy atom. The van der Waals surface area contributed by atoms with Gasteiger partial charge in [-0.1, -0.05) is 6.92 Å². The van der Waals surface area contributed by atoms with Crippen LogP contribution in [0.3, 0.4) is 0 Å². The van der Waals surface area contributed by atoms with Crippen LogP contribution in [0.2, 0.25) is 0 Å². The molecule has 0 heterocycles. The third kappa shape index (κ3) is 1.93. The summed E-state index contributed by atoms with van der Waals surface area (Å²) in [5, 5.41) is 21.1. The average molecular weight is 188 g/mol. The summed E-state index contributed by atoms with van der Waals surface area (Å²) in [6, 6.07) is -1.98. The van der Waals surface area contributed by atoms with E-state index in [2.05, 4.69) is 0 Å². The van der Waals surface area contributed by atoms with Crippen LogP contribution in [-0.2, 0) is 0 Å². The maximum absolute atomic E-state index is 10.6. The van der Waals surface area contributed by atoms with Gasteiger partial charge in [-0.05, 0) is 12.8 Å². The SMILES string of the molecule is CC1CCCC([N+](=O)[O-])C1[N+](=O)[O-]. The van der Waals surface area contributed by atoms with Crippen molar-refractivity contribution in [1.29, 1.82) is 0 Å². The van der Waals surface area contributed by atoms with Crippen molar-refractivity contribution in [2.75, 3.05) is 0 Å². The molecule has 6 nitrogen and oxygen atoms in total. The van der Waals surface area contributed by atoms with Crippen LogP contribution in [0.25, 0.3) is 0 Å². The van der Waals surface area contributed by atoms with Crippen LogP contribution in [0.1, 0.15) is 26.2 Å². The van der Waals surface area contributed by atoms with Gasteiger partial charge in [0.2, 0.25) is 0 Å². The van der Waals surface area contributed by atoms with Crippen LogP contribution < -0.4 is 0 Å². The summed E-state index contributed by atoms with van der Waals surface area (Å²) >= 11 is 0. The molecule has 0 saturated heterocycles. The van der Waals surface area contributed by atoms with Gasteiger partial charge >= 0.3 is 0 Å². The van der Waals surface area contributed by atoms with Crippen molar-refractivity contribution in [3.05, 3.63) is 20.2 Å². The van der Waals surface area contributed by atoms with Crippen molar-refractivity contribution in [3.63, 3.8) is 0 Å². The molecule has 1 aliphatic rings. The Morgan fingerprint density at radius 1 is 1.15 bits per heavy atom. The first-order chi connectivity index (χ1) is 6.04. The van der Waals surface area contributed by atoms with Gasteiger partial charge in [0.15, 0.2) is 0 Å². The maximum Gasteiger partial charge on any atom is 0.281 e. The Balaban J connectivity index is 2.80. The molecule has 0 spiro atoms. The first-order valence-electron chi connectivity index (χ1n) is 4.31. The summed E-state index contributed by atoms with van der Waals surface area (Å²) in [5.41, 5.74) is 0. The van der Waals surface area contributed by atoms with Gasteiger partial charge in [0.25, 0.3) is 12.1 Å². The van der Waals surface area contributed by atoms with Crippen molar-refractivity contribution in [2.45, 2.75) is 38.3 Å². The molecule has 3 atom stereocenters. The minimum atomic E-state index is -0.997. The van der Waals surface area contributed by atoms with E-state index < -0.39 is 21.9 Å². The molecule has 3 unspecified atom stereocenters.